The number of piperazine rings is 1. The average molecular weight is 903 g/mol. The number of β-lactam (4-membered cyclic amide) rings is 1. The molecule has 61 heavy (non-hydrogen) atoms. The van der Waals surface area contributed by atoms with Crippen LogP contribution in [0.5, 0.6) is 0 Å². The molecule has 3 aromatic rings. The molecule has 1 aromatic carbocycles. The predicted octanol–water partition coefficient (Wildman–Crippen LogP) is 5.99. The third-order valence-electron chi connectivity index (χ3n) is 11.9. The van der Waals surface area contributed by atoms with Gasteiger partial charge in [-0.3, -0.25) is 19.2 Å². The zero-order chi connectivity index (χ0) is 43.2. The van der Waals surface area contributed by atoms with Gasteiger partial charge in [-0.15, -0.1) is 11.3 Å². The summed E-state index contributed by atoms with van der Waals surface area (Å²) in [6.07, 6.45) is 8.13. The first-order valence-corrected chi connectivity index (χ1v) is 23.4. The smallest absolute Gasteiger partial charge is 0.344 e. The molecule has 3 fully saturated rings. The third kappa shape index (κ3) is 9.89. The topological polar surface area (TPSA) is 166 Å². The summed E-state index contributed by atoms with van der Waals surface area (Å²) in [5.74, 6) is -3.26. The van der Waals surface area contributed by atoms with E-state index >= 15 is 4.39 Å². The van der Waals surface area contributed by atoms with E-state index in [0.29, 0.717) is 62.4 Å². The molecule has 2 amide bonds. The molecule has 330 valence electrons. The number of benzene rings is 1. The van der Waals surface area contributed by atoms with Crippen molar-refractivity contribution < 1.29 is 42.6 Å². The van der Waals surface area contributed by atoms with Crippen LogP contribution >= 0.6 is 34.7 Å². The van der Waals surface area contributed by atoms with Gasteiger partial charge in [-0.25, -0.2) is 14.0 Å². The number of hydrogen-bond donors (Lipinski definition) is 2. The number of halogens is 2. The molecule has 6 heterocycles. The summed E-state index contributed by atoms with van der Waals surface area (Å²) in [6, 6.07) is 3.03. The van der Waals surface area contributed by atoms with Crippen molar-refractivity contribution in [1.29, 1.82) is 0 Å². The molecule has 4 aliphatic heterocycles. The van der Waals surface area contributed by atoms with Crippen molar-refractivity contribution in [3.8, 4) is 0 Å². The number of piperidine rings is 1. The van der Waals surface area contributed by atoms with Gasteiger partial charge in [-0.1, -0.05) is 68.0 Å². The lowest BCUT2D eigenvalue weighted by Crippen LogP contribution is -2.77. The van der Waals surface area contributed by atoms with Gasteiger partial charge in [0.2, 0.25) is 17.2 Å². The Hall–Kier alpha value is -4.19. The molecule has 7 rings (SSSR count). The third-order valence-corrected chi connectivity index (χ3v) is 14.3. The van der Waals surface area contributed by atoms with Gasteiger partial charge in [0, 0.05) is 43.9 Å². The number of carbonyl (C=O) groups is 5. The van der Waals surface area contributed by atoms with Gasteiger partial charge in [-0.05, 0) is 50.1 Å². The molecule has 2 N–H and O–H groups in total. The Morgan fingerprint density at radius 2 is 1.66 bits per heavy atom. The van der Waals surface area contributed by atoms with Crippen molar-refractivity contribution in [1.82, 2.24) is 20.1 Å². The zero-order valence-corrected chi connectivity index (χ0v) is 36.9. The van der Waals surface area contributed by atoms with Crippen molar-refractivity contribution >= 4 is 81.0 Å². The fraction of sp³-hybridized carbons (Fsp3) is 0.581. The minimum atomic E-state index is -0.886. The molecular formula is C43H53ClFN5O9S2. The number of unbranched alkanes of at least 4 members (excludes halogenated alkanes) is 7. The number of nitrogens with one attached hydrogen (secondary N) is 2. The number of rotatable bonds is 19. The van der Waals surface area contributed by atoms with E-state index in [9.17, 15) is 28.8 Å². The van der Waals surface area contributed by atoms with E-state index in [1.165, 1.54) is 41.0 Å². The van der Waals surface area contributed by atoms with Crippen LogP contribution in [0, 0.1) is 11.7 Å². The van der Waals surface area contributed by atoms with Gasteiger partial charge in [0.15, 0.2) is 0 Å². The number of thiophene rings is 1. The SMILES string of the molecule is CC(=O)OCC1CC[C@H]2[C@@H](NC(=O)Cc3cccs3)C(=O)N2C1C(=O)OCCCCCCCCCCOC(=O)c1c2n(c3c(Cl)c(N4CCNCC4)c(F)cc3c1=O)C(C)S2. The fourth-order valence-corrected chi connectivity index (χ4v) is 11.1. The molecule has 14 nitrogen and oxygen atoms in total. The van der Waals surface area contributed by atoms with Crippen LogP contribution in [0.25, 0.3) is 10.9 Å². The Morgan fingerprint density at radius 3 is 2.31 bits per heavy atom. The van der Waals surface area contributed by atoms with Crippen molar-refractivity contribution in [3.63, 3.8) is 0 Å². The maximum atomic E-state index is 15.5. The normalized spacial score (nSPS) is 21.8. The molecule has 3 saturated heterocycles. The Balaban J connectivity index is 0.805. The lowest BCUT2D eigenvalue weighted by molar-refractivity contribution is -0.180. The molecule has 0 radical (unpaired) electrons. The summed E-state index contributed by atoms with van der Waals surface area (Å²) in [6.45, 7) is 6.19. The van der Waals surface area contributed by atoms with Crippen LogP contribution in [0.2, 0.25) is 5.02 Å². The molecule has 3 unspecified atom stereocenters. The summed E-state index contributed by atoms with van der Waals surface area (Å²) in [4.78, 5) is 82.0. The maximum absolute atomic E-state index is 15.5. The van der Waals surface area contributed by atoms with Crippen LogP contribution in [0.4, 0.5) is 10.1 Å². The Labute approximate surface area is 367 Å². The van der Waals surface area contributed by atoms with E-state index in [0.717, 1.165) is 43.4 Å². The standard InChI is InChI=1S/C43H53ClFN5O9S2/c1-25-49-37-29(23-30(45)38(34(37)44)48-17-15-46-16-18-48)39(53)33(41(49)61-25)42(55)57-19-9-7-5-3-4-6-8-10-20-58-43(56)36-27(24-59-26(2)51)13-14-31-35(40(54)50(31)36)47-32(52)22-28-12-11-21-60-28/h11-12,21,23,25,27,31,35-36,46H,3-10,13-20,22,24H2,1-2H3,(H,47,52)/t25?,27?,31-,35+,36?/m0/s1. The van der Waals surface area contributed by atoms with E-state index in [2.05, 4.69) is 10.6 Å². The summed E-state index contributed by atoms with van der Waals surface area (Å²) >= 11 is 9.67. The predicted molar refractivity (Wildman–Crippen MR) is 231 cm³/mol. The molecule has 0 saturated carbocycles. The van der Waals surface area contributed by atoms with E-state index in [-0.39, 0.29) is 71.1 Å². The minimum absolute atomic E-state index is 0.00475. The van der Waals surface area contributed by atoms with E-state index in [4.69, 9.17) is 25.8 Å². The van der Waals surface area contributed by atoms with E-state index in [1.807, 2.05) is 33.9 Å². The van der Waals surface area contributed by atoms with E-state index < -0.39 is 47.2 Å². The number of nitrogens with zero attached hydrogens (tertiary/aromatic N) is 3. The summed E-state index contributed by atoms with van der Waals surface area (Å²) in [7, 11) is 0. The number of anilines is 1. The molecule has 2 aromatic heterocycles. The summed E-state index contributed by atoms with van der Waals surface area (Å²) in [5, 5.41) is 8.63. The highest BCUT2D eigenvalue weighted by atomic mass is 35.5. The van der Waals surface area contributed by atoms with Crippen molar-refractivity contribution in [3.05, 3.63) is 55.1 Å². The first kappa shape index (κ1) is 44.9. The van der Waals surface area contributed by atoms with Crippen LogP contribution in [-0.4, -0.2) is 103 Å². The lowest BCUT2D eigenvalue weighted by atomic mass is 9.77. The number of aromatic nitrogens is 1. The van der Waals surface area contributed by atoms with Crippen molar-refractivity contribution in [2.45, 2.75) is 113 Å². The molecule has 4 aliphatic rings. The lowest BCUT2D eigenvalue weighted by Gasteiger charge is -2.55. The number of thioether (sulfide) groups is 1. The second-order valence-corrected chi connectivity index (χ2v) is 18.8. The molecule has 0 aliphatic carbocycles. The molecular weight excluding hydrogens is 849 g/mol. The van der Waals surface area contributed by atoms with Crippen molar-refractivity contribution in [2.24, 2.45) is 5.92 Å². The highest BCUT2D eigenvalue weighted by molar-refractivity contribution is 8.00. The second-order valence-electron chi connectivity index (χ2n) is 16.1. The second kappa shape index (κ2) is 20.3. The molecule has 18 heteroatoms. The number of amides is 2. The Morgan fingerprint density at radius 1 is 0.967 bits per heavy atom. The number of pyridine rings is 1. The van der Waals surface area contributed by atoms with Gasteiger partial charge in [0.05, 0.1) is 64.3 Å². The van der Waals surface area contributed by atoms with Gasteiger partial charge < -0.3 is 39.2 Å². The fourth-order valence-electron chi connectivity index (χ4n) is 8.85. The van der Waals surface area contributed by atoms with Gasteiger partial charge in [0.25, 0.3) is 0 Å². The number of hydrogen-bond acceptors (Lipinski definition) is 13. The number of fused-ring (bicyclic) bond motifs is 4. The van der Waals surface area contributed by atoms with Crippen LogP contribution in [0.15, 0.2) is 33.4 Å². The summed E-state index contributed by atoms with van der Waals surface area (Å²) in [5.41, 5.74) is 0.0649. The van der Waals surface area contributed by atoms with Crippen LogP contribution < -0.4 is 21.0 Å². The molecule has 0 bridgehead atoms. The number of carbonyl (C=O) groups excluding carboxylic acids is 5. The molecule has 0 spiro atoms. The first-order chi connectivity index (χ1) is 29.5. The molecule has 5 atom stereocenters. The van der Waals surface area contributed by atoms with Gasteiger partial charge in [0.1, 0.15) is 23.5 Å². The number of ether oxygens (including phenoxy) is 3. The zero-order valence-electron chi connectivity index (χ0n) is 34.5. The summed E-state index contributed by atoms with van der Waals surface area (Å²) < 4.78 is 33.8. The van der Waals surface area contributed by atoms with E-state index in [1.54, 1.807) is 0 Å². The minimum Gasteiger partial charge on any atom is -0.465 e. The number of esters is 3. The highest BCUT2D eigenvalue weighted by Crippen LogP contribution is 2.49. The van der Waals surface area contributed by atoms with Crippen LogP contribution in [-0.2, 0) is 39.8 Å². The van der Waals surface area contributed by atoms with Crippen LogP contribution in [0.3, 0.4) is 0 Å². The quantitative estimate of drug-likeness (QED) is 0.0626. The highest BCUT2D eigenvalue weighted by Gasteiger charge is 2.57. The monoisotopic (exact) mass is 901 g/mol. The van der Waals surface area contributed by atoms with Crippen molar-refractivity contribution in [2.75, 3.05) is 50.9 Å². The maximum Gasteiger partial charge on any atom is 0.344 e. The van der Waals surface area contributed by atoms with Gasteiger partial charge >= 0.3 is 17.9 Å². The van der Waals surface area contributed by atoms with Gasteiger partial charge in [-0.2, -0.15) is 0 Å². The Kier molecular flexibility index (Phi) is 14.9. The Bertz CT molecular complexity index is 2180. The first-order valence-electron chi connectivity index (χ1n) is 21.3. The average Bonchev–Trinajstić information content (AvgIpc) is 3.75. The van der Waals surface area contributed by atoms with Crippen LogP contribution in [0.1, 0.15) is 98.7 Å². The largest absolute Gasteiger partial charge is 0.465 e.